The fourth-order valence-corrected chi connectivity index (χ4v) is 0. The normalized spacial score (nSPS) is 2.67. The second-order valence-electron chi connectivity index (χ2n) is 0.266. The molecule has 1 N–H and O–H groups in total. The molecule has 0 radical (unpaired) electrons. The van der Waals surface area contributed by atoms with Crippen LogP contribution in [0.25, 0.3) is 0 Å². The van der Waals surface area contributed by atoms with Gasteiger partial charge in [-0.05, 0) is 0 Å². The van der Waals surface area contributed by atoms with Gasteiger partial charge in [-0.15, -0.1) is 0 Å². The summed E-state index contributed by atoms with van der Waals surface area (Å²) in [7, 11) is 0. The minimum absolute atomic E-state index is 0. The Kier molecular flexibility index (Phi) is 125. The largest absolute Gasteiger partial charge is 1.00 e. The third kappa shape index (κ3) is 73.1. The van der Waals surface area contributed by atoms with E-state index in [1.807, 2.05) is 0 Å². The molecule has 0 aromatic rings. The molecule has 0 amide bonds. The summed E-state index contributed by atoms with van der Waals surface area (Å²) in [6, 6.07) is 0. The SMILES string of the molecule is O=C([O-])O.[Cl-].[Cl-].[K+].[K+].[Na+]. The van der Waals surface area contributed by atoms with Gasteiger partial charge in [-0.25, -0.2) is 0 Å². The van der Waals surface area contributed by atoms with Crippen molar-refractivity contribution in [2.45, 2.75) is 0 Å². The van der Waals surface area contributed by atoms with E-state index < -0.39 is 6.16 Å². The van der Waals surface area contributed by atoms with Crippen LogP contribution in [0.1, 0.15) is 0 Å². The Hall–Kier alpha value is 4.12. The summed E-state index contributed by atoms with van der Waals surface area (Å²) < 4.78 is 0. The molecule has 0 atom stereocenters. The van der Waals surface area contributed by atoms with Gasteiger partial charge < -0.3 is 39.8 Å². The fraction of sp³-hybridized carbons (Fsp3) is 0. The molecule has 0 rings (SSSR count). The van der Waals surface area contributed by atoms with Crippen molar-refractivity contribution in [2.24, 2.45) is 0 Å². The quantitative estimate of drug-likeness (QED) is 0.423. The van der Waals surface area contributed by atoms with Crippen LogP contribution in [0.4, 0.5) is 4.79 Å². The molecule has 0 aliphatic heterocycles. The average Bonchev–Trinajstić information content (AvgIpc) is 0.811. The number of halogens is 2. The molecule has 0 heterocycles. The van der Waals surface area contributed by atoms with Gasteiger partial charge in [-0.3, -0.25) is 0 Å². The summed E-state index contributed by atoms with van der Waals surface area (Å²) in [5.74, 6) is 0. The fourth-order valence-electron chi connectivity index (χ4n) is 0. The average molecular weight is 233 g/mol. The van der Waals surface area contributed by atoms with Gasteiger partial charge in [0.1, 0.15) is 0 Å². The molecule has 0 aromatic carbocycles. The minimum Gasteiger partial charge on any atom is -1.00 e. The number of carbonyl (C=O) groups is 1. The molecule has 0 aliphatic rings. The Bertz CT molecular complexity index is 42.8. The van der Waals surface area contributed by atoms with Crippen LogP contribution in [0.15, 0.2) is 0 Å². The van der Waals surface area contributed by atoms with E-state index in [1.54, 1.807) is 0 Å². The minimum atomic E-state index is -2.08. The molecule has 0 saturated carbocycles. The van der Waals surface area contributed by atoms with Gasteiger partial charge in [0.05, 0.1) is 0 Å². The van der Waals surface area contributed by atoms with E-state index in [0.29, 0.717) is 0 Å². The summed E-state index contributed by atoms with van der Waals surface area (Å²) in [5.41, 5.74) is 0. The molecule has 0 aliphatic carbocycles. The summed E-state index contributed by atoms with van der Waals surface area (Å²) in [6.45, 7) is 0. The molecule has 0 unspecified atom stereocenters. The van der Waals surface area contributed by atoms with Crippen molar-refractivity contribution < 1.29 is 172 Å². The van der Waals surface area contributed by atoms with Crippen molar-refractivity contribution >= 4 is 6.16 Å². The zero-order valence-electron chi connectivity index (χ0n) is 5.52. The van der Waals surface area contributed by atoms with Crippen molar-refractivity contribution in [2.75, 3.05) is 0 Å². The van der Waals surface area contributed by atoms with Gasteiger partial charge in [0.25, 0.3) is 0 Å². The van der Waals surface area contributed by atoms with Gasteiger partial charge in [0, 0.05) is 0 Å². The summed E-state index contributed by atoms with van der Waals surface area (Å²) in [4.78, 5) is 8.44. The van der Waals surface area contributed by atoms with E-state index in [0.717, 1.165) is 0 Å². The Labute approximate surface area is 173 Å². The van der Waals surface area contributed by atoms with E-state index in [1.165, 1.54) is 0 Å². The van der Waals surface area contributed by atoms with E-state index >= 15 is 0 Å². The van der Waals surface area contributed by atoms with Crippen molar-refractivity contribution in [3.63, 3.8) is 0 Å². The predicted octanol–water partition coefficient (Wildman–Crippen LogP) is -16.1. The van der Waals surface area contributed by atoms with Crippen LogP contribution in [0.5, 0.6) is 0 Å². The molecule has 0 spiro atoms. The topological polar surface area (TPSA) is 60.4 Å². The molecule has 8 heteroatoms. The van der Waals surface area contributed by atoms with Gasteiger partial charge in [-0.2, -0.15) is 0 Å². The molecule has 3 nitrogen and oxygen atoms in total. The third-order valence-corrected chi connectivity index (χ3v) is 0. The monoisotopic (exact) mass is 232 g/mol. The Balaban J connectivity index is -0.00000000450. The Morgan fingerprint density at radius 1 is 1.22 bits per heavy atom. The maximum Gasteiger partial charge on any atom is 1.00 e. The first-order chi connectivity index (χ1) is 1.73. The number of hydrogen-bond donors (Lipinski definition) is 1. The van der Waals surface area contributed by atoms with Crippen LogP contribution >= 0.6 is 0 Å². The van der Waals surface area contributed by atoms with Gasteiger partial charge >= 0.3 is 132 Å². The second kappa shape index (κ2) is 29.6. The van der Waals surface area contributed by atoms with Crippen LogP contribution in [-0.2, 0) is 0 Å². The van der Waals surface area contributed by atoms with Crippen LogP contribution < -0.4 is 162 Å². The first-order valence-electron chi connectivity index (χ1n) is 0.632. The first kappa shape index (κ1) is 38.0. The number of carboxylic acid groups (broad SMARTS) is 2. The van der Waals surface area contributed by atoms with Crippen molar-refractivity contribution in [1.82, 2.24) is 0 Å². The van der Waals surface area contributed by atoms with Gasteiger partial charge in [-0.1, -0.05) is 0 Å². The summed E-state index contributed by atoms with van der Waals surface area (Å²) in [6.07, 6.45) is -2.08. The number of rotatable bonds is 0. The molecule has 0 fully saturated rings. The smallest absolute Gasteiger partial charge is 1.00 e. The molecule has 0 saturated heterocycles. The van der Waals surface area contributed by atoms with Crippen LogP contribution in [0.2, 0.25) is 0 Å². The van der Waals surface area contributed by atoms with Crippen molar-refractivity contribution in [1.29, 1.82) is 0 Å². The van der Waals surface area contributed by atoms with Crippen molar-refractivity contribution in [3.05, 3.63) is 0 Å². The zero-order chi connectivity index (χ0) is 3.58. The third-order valence-electron chi connectivity index (χ3n) is 0. The summed E-state index contributed by atoms with van der Waals surface area (Å²) >= 11 is 0. The van der Waals surface area contributed by atoms with Crippen molar-refractivity contribution in [3.8, 4) is 0 Å². The first-order valence-corrected chi connectivity index (χ1v) is 0.632. The van der Waals surface area contributed by atoms with E-state index in [4.69, 9.17) is 15.0 Å². The molecular formula is CHCl2K2NaO3. The molecule has 0 aromatic heterocycles. The van der Waals surface area contributed by atoms with Crippen LogP contribution in [0.3, 0.4) is 0 Å². The Morgan fingerprint density at radius 3 is 1.22 bits per heavy atom. The Morgan fingerprint density at radius 2 is 1.22 bits per heavy atom. The van der Waals surface area contributed by atoms with E-state index in [2.05, 4.69) is 0 Å². The van der Waals surface area contributed by atoms with Gasteiger partial charge in [0.15, 0.2) is 0 Å². The van der Waals surface area contributed by atoms with Crippen LogP contribution in [0, 0.1) is 0 Å². The van der Waals surface area contributed by atoms with Gasteiger partial charge in [0.2, 0.25) is 6.16 Å². The second-order valence-corrected chi connectivity index (χ2v) is 0.266. The van der Waals surface area contributed by atoms with E-state index in [-0.39, 0.29) is 157 Å². The summed E-state index contributed by atoms with van der Waals surface area (Å²) in [5, 5.41) is 15.3. The zero-order valence-corrected chi connectivity index (χ0v) is 15.3. The molecule has 0 bridgehead atoms. The molecule has 9 heavy (non-hydrogen) atoms. The van der Waals surface area contributed by atoms with E-state index in [9.17, 15) is 0 Å². The standard InChI is InChI=1S/CH2O3.2ClH.2K.Na/c2-1(3)4;;;;;/h(H2,2,3,4);2*1H;;;/q;;;3*+1/p-3. The molecular weight excluding hydrogens is 232 g/mol. The maximum atomic E-state index is 8.44. The number of hydrogen-bond acceptors (Lipinski definition) is 2. The predicted molar refractivity (Wildman–Crippen MR) is 8.02 cm³/mol. The van der Waals surface area contributed by atoms with Crippen LogP contribution in [-0.4, -0.2) is 11.3 Å². The molecule has 40 valence electrons. The maximum absolute atomic E-state index is 8.44.